The second-order valence-electron chi connectivity index (χ2n) is 6.09. The van der Waals surface area contributed by atoms with E-state index in [2.05, 4.69) is 16.0 Å². The molecule has 0 bridgehead atoms. The van der Waals surface area contributed by atoms with Crippen molar-refractivity contribution in [3.05, 3.63) is 54.1 Å². The van der Waals surface area contributed by atoms with Crippen molar-refractivity contribution in [3.63, 3.8) is 0 Å². The maximum Gasteiger partial charge on any atom is 0.319 e. The van der Waals surface area contributed by atoms with Gasteiger partial charge in [0.25, 0.3) is 5.91 Å². The summed E-state index contributed by atoms with van der Waals surface area (Å²) < 4.78 is 11.0. The van der Waals surface area contributed by atoms with Crippen molar-refractivity contribution in [1.29, 1.82) is 0 Å². The molecular weight excluding hydrogens is 346 g/mol. The van der Waals surface area contributed by atoms with Crippen molar-refractivity contribution in [3.8, 4) is 11.5 Å². The molecule has 0 spiro atoms. The fraction of sp³-hybridized carbons (Fsp3) is 0.300. The van der Waals surface area contributed by atoms with Crippen LogP contribution in [0.1, 0.15) is 24.9 Å². The van der Waals surface area contributed by atoms with E-state index in [0.29, 0.717) is 24.6 Å². The minimum atomic E-state index is -0.285. The number of carbonyl (C=O) groups is 2. The number of amides is 3. The van der Waals surface area contributed by atoms with Crippen LogP contribution in [0.3, 0.4) is 0 Å². The molecule has 1 atom stereocenters. The van der Waals surface area contributed by atoms with Crippen LogP contribution < -0.4 is 25.4 Å². The molecule has 0 aliphatic carbocycles. The molecule has 27 heavy (non-hydrogen) atoms. The molecule has 1 unspecified atom stereocenters. The second kappa shape index (κ2) is 8.93. The van der Waals surface area contributed by atoms with Gasteiger partial charge in [-0.15, -0.1) is 0 Å². The second-order valence-corrected chi connectivity index (χ2v) is 6.09. The summed E-state index contributed by atoms with van der Waals surface area (Å²) >= 11 is 0. The van der Waals surface area contributed by atoms with Crippen molar-refractivity contribution in [2.45, 2.75) is 19.4 Å². The molecule has 1 heterocycles. The molecule has 7 heteroatoms. The SMILES string of the molecule is CCNC(=O)COc1ccc(NC(=O)NC2CCOc3ccccc32)cc1. The van der Waals surface area contributed by atoms with Crippen LogP contribution in [0.5, 0.6) is 11.5 Å². The number of benzene rings is 2. The summed E-state index contributed by atoms with van der Waals surface area (Å²) in [6.07, 6.45) is 0.719. The molecule has 2 aromatic carbocycles. The predicted molar refractivity (Wildman–Crippen MR) is 102 cm³/mol. The molecule has 1 aliphatic heterocycles. The van der Waals surface area contributed by atoms with Gasteiger partial charge in [0.15, 0.2) is 6.61 Å². The maximum atomic E-state index is 12.3. The molecule has 142 valence electrons. The van der Waals surface area contributed by atoms with Gasteiger partial charge in [-0.1, -0.05) is 18.2 Å². The van der Waals surface area contributed by atoms with Crippen LogP contribution in [0.2, 0.25) is 0 Å². The number of ether oxygens (including phenoxy) is 2. The summed E-state index contributed by atoms with van der Waals surface area (Å²) in [5.74, 6) is 1.20. The number of nitrogens with one attached hydrogen (secondary N) is 3. The minimum Gasteiger partial charge on any atom is -0.493 e. The Hall–Kier alpha value is -3.22. The first-order valence-corrected chi connectivity index (χ1v) is 8.94. The van der Waals surface area contributed by atoms with Gasteiger partial charge in [-0.3, -0.25) is 4.79 Å². The Balaban J connectivity index is 1.52. The Morgan fingerprint density at radius 2 is 1.93 bits per heavy atom. The van der Waals surface area contributed by atoms with Gasteiger partial charge in [-0.2, -0.15) is 0 Å². The van der Waals surface area contributed by atoms with Gasteiger partial charge in [-0.25, -0.2) is 4.79 Å². The Labute approximate surface area is 158 Å². The minimum absolute atomic E-state index is 0.0374. The van der Waals surface area contributed by atoms with Gasteiger partial charge >= 0.3 is 6.03 Å². The van der Waals surface area contributed by atoms with Crippen molar-refractivity contribution >= 4 is 17.6 Å². The van der Waals surface area contributed by atoms with E-state index in [4.69, 9.17) is 9.47 Å². The van der Waals surface area contributed by atoms with Crippen LogP contribution in [-0.4, -0.2) is 31.7 Å². The lowest BCUT2D eigenvalue weighted by molar-refractivity contribution is -0.122. The number of carbonyl (C=O) groups excluding carboxylic acids is 2. The van der Waals surface area contributed by atoms with Crippen LogP contribution in [0.25, 0.3) is 0 Å². The van der Waals surface area contributed by atoms with E-state index in [1.807, 2.05) is 31.2 Å². The Bertz CT molecular complexity index is 792. The first-order chi connectivity index (χ1) is 13.2. The zero-order valence-electron chi connectivity index (χ0n) is 15.2. The molecule has 7 nitrogen and oxygen atoms in total. The lowest BCUT2D eigenvalue weighted by Crippen LogP contribution is -2.35. The van der Waals surface area contributed by atoms with E-state index in [9.17, 15) is 9.59 Å². The van der Waals surface area contributed by atoms with Crippen molar-refractivity contribution < 1.29 is 19.1 Å². The van der Waals surface area contributed by atoms with E-state index in [1.54, 1.807) is 24.3 Å². The summed E-state index contributed by atoms with van der Waals surface area (Å²) in [5.41, 5.74) is 1.62. The molecule has 3 rings (SSSR count). The molecule has 0 saturated heterocycles. The lowest BCUT2D eigenvalue weighted by atomic mass is 10.0. The van der Waals surface area contributed by atoms with Gasteiger partial charge in [0.1, 0.15) is 11.5 Å². The zero-order chi connectivity index (χ0) is 19.1. The highest BCUT2D eigenvalue weighted by molar-refractivity contribution is 5.89. The number of fused-ring (bicyclic) bond motifs is 1. The third-order valence-electron chi connectivity index (χ3n) is 4.12. The van der Waals surface area contributed by atoms with Crippen LogP contribution in [0.4, 0.5) is 10.5 Å². The van der Waals surface area contributed by atoms with Crippen LogP contribution in [0.15, 0.2) is 48.5 Å². The normalized spacial score (nSPS) is 15.1. The third-order valence-corrected chi connectivity index (χ3v) is 4.12. The quantitative estimate of drug-likeness (QED) is 0.731. The largest absolute Gasteiger partial charge is 0.493 e. The summed E-state index contributed by atoms with van der Waals surface area (Å²) in [5, 5.41) is 8.45. The fourth-order valence-electron chi connectivity index (χ4n) is 2.85. The number of hydrogen-bond donors (Lipinski definition) is 3. The van der Waals surface area contributed by atoms with Gasteiger partial charge in [-0.05, 0) is 37.3 Å². The van der Waals surface area contributed by atoms with Gasteiger partial charge in [0.2, 0.25) is 0 Å². The molecular formula is C20H23N3O4. The van der Waals surface area contributed by atoms with Crippen molar-refractivity contribution in [1.82, 2.24) is 10.6 Å². The summed E-state index contributed by atoms with van der Waals surface area (Å²) in [7, 11) is 0. The smallest absolute Gasteiger partial charge is 0.319 e. The summed E-state index contributed by atoms with van der Waals surface area (Å²) in [4.78, 5) is 23.7. The average Bonchev–Trinajstić information content (AvgIpc) is 2.68. The van der Waals surface area contributed by atoms with Crippen molar-refractivity contribution in [2.24, 2.45) is 0 Å². The molecule has 0 radical (unpaired) electrons. The molecule has 1 aliphatic rings. The highest BCUT2D eigenvalue weighted by Gasteiger charge is 2.22. The fourth-order valence-corrected chi connectivity index (χ4v) is 2.85. The first-order valence-electron chi connectivity index (χ1n) is 8.94. The maximum absolute atomic E-state index is 12.3. The topological polar surface area (TPSA) is 88.7 Å². The number of likely N-dealkylation sites (N-methyl/N-ethyl adjacent to an activating group) is 1. The molecule has 3 amide bonds. The highest BCUT2D eigenvalue weighted by atomic mass is 16.5. The highest BCUT2D eigenvalue weighted by Crippen LogP contribution is 2.31. The third kappa shape index (κ3) is 5.13. The van der Waals surface area contributed by atoms with Crippen LogP contribution in [-0.2, 0) is 4.79 Å². The lowest BCUT2D eigenvalue weighted by Gasteiger charge is -2.26. The molecule has 0 saturated carbocycles. The molecule has 0 aromatic heterocycles. The predicted octanol–water partition coefficient (Wildman–Crippen LogP) is 2.85. The number of rotatable bonds is 6. The Morgan fingerprint density at radius 3 is 2.70 bits per heavy atom. The van der Waals surface area contributed by atoms with E-state index < -0.39 is 0 Å². The summed E-state index contributed by atoms with van der Waals surface area (Å²) in [6, 6.07) is 14.2. The monoisotopic (exact) mass is 369 g/mol. The Kier molecular flexibility index (Phi) is 6.14. The Morgan fingerprint density at radius 1 is 1.15 bits per heavy atom. The van der Waals surface area contributed by atoms with Gasteiger partial charge < -0.3 is 25.4 Å². The van der Waals surface area contributed by atoms with E-state index in [1.165, 1.54) is 0 Å². The zero-order valence-corrected chi connectivity index (χ0v) is 15.2. The molecule has 2 aromatic rings. The van der Waals surface area contributed by atoms with Gasteiger partial charge in [0.05, 0.1) is 12.6 Å². The average molecular weight is 369 g/mol. The summed E-state index contributed by atoms with van der Waals surface area (Å²) in [6.45, 7) is 2.95. The van der Waals surface area contributed by atoms with E-state index in [-0.39, 0.29) is 24.6 Å². The van der Waals surface area contributed by atoms with Crippen LogP contribution >= 0.6 is 0 Å². The number of para-hydroxylation sites is 1. The first kappa shape index (κ1) is 18.6. The number of urea groups is 1. The molecule has 3 N–H and O–H groups in total. The van der Waals surface area contributed by atoms with Crippen molar-refractivity contribution in [2.75, 3.05) is 25.1 Å². The standard InChI is InChI=1S/C20H23N3O4/c1-2-21-19(24)13-27-15-9-7-14(8-10-15)22-20(25)23-17-11-12-26-18-6-4-3-5-16(17)18/h3-10,17H,2,11-13H2,1H3,(H,21,24)(H2,22,23,25). The van der Waals surface area contributed by atoms with Crippen LogP contribution in [0, 0.1) is 0 Å². The number of hydrogen-bond acceptors (Lipinski definition) is 4. The van der Waals surface area contributed by atoms with Gasteiger partial charge in [0, 0.05) is 24.2 Å². The van der Waals surface area contributed by atoms with E-state index in [0.717, 1.165) is 17.7 Å². The molecule has 0 fully saturated rings. The number of anilines is 1. The van der Waals surface area contributed by atoms with E-state index >= 15 is 0 Å².